The van der Waals surface area contributed by atoms with E-state index in [2.05, 4.69) is 5.32 Å². The van der Waals surface area contributed by atoms with Crippen LogP contribution in [0.25, 0.3) is 0 Å². The van der Waals surface area contributed by atoms with Crippen LogP contribution in [0.15, 0.2) is 47.4 Å². The second-order valence-corrected chi connectivity index (χ2v) is 6.40. The molecule has 0 saturated heterocycles. The van der Waals surface area contributed by atoms with Gasteiger partial charge in [0.25, 0.3) is 5.91 Å². The number of aryl methyl sites for hydroxylation is 2. The van der Waals surface area contributed by atoms with Crippen molar-refractivity contribution >= 4 is 17.7 Å². The van der Waals surface area contributed by atoms with Crippen LogP contribution in [0.3, 0.4) is 0 Å². The molecule has 2 aromatic carbocycles. The van der Waals surface area contributed by atoms with E-state index < -0.39 is 0 Å². The van der Waals surface area contributed by atoms with Crippen molar-refractivity contribution < 1.29 is 9.18 Å². The summed E-state index contributed by atoms with van der Waals surface area (Å²) < 4.78 is 12.8. The van der Waals surface area contributed by atoms with E-state index >= 15 is 0 Å². The molecule has 1 N–H and O–H groups in total. The lowest BCUT2D eigenvalue weighted by molar-refractivity contribution is 0.0953. The molecule has 2 nitrogen and oxygen atoms in total. The lowest BCUT2D eigenvalue weighted by Crippen LogP contribution is -2.25. The van der Waals surface area contributed by atoms with Gasteiger partial charge in [0, 0.05) is 17.0 Å². The van der Waals surface area contributed by atoms with Crippen molar-refractivity contribution in [2.24, 2.45) is 0 Å². The van der Waals surface area contributed by atoms with Crippen LogP contribution >= 0.6 is 11.8 Å². The third kappa shape index (κ3) is 4.88. The monoisotopic (exact) mass is 317 g/mol. The van der Waals surface area contributed by atoms with Crippen molar-refractivity contribution in [2.75, 3.05) is 12.3 Å². The molecule has 116 valence electrons. The number of nitrogens with one attached hydrogen (secondary N) is 1. The van der Waals surface area contributed by atoms with Gasteiger partial charge < -0.3 is 5.32 Å². The van der Waals surface area contributed by atoms with E-state index in [9.17, 15) is 9.18 Å². The predicted molar refractivity (Wildman–Crippen MR) is 90.0 cm³/mol. The zero-order valence-electron chi connectivity index (χ0n) is 12.9. The second kappa shape index (κ2) is 7.99. The maximum Gasteiger partial charge on any atom is 0.251 e. The Morgan fingerprint density at radius 2 is 1.86 bits per heavy atom. The third-order valence-electron chi connectivity index (χ3n) is 3.32. The molecular weight excluding hydrogens is 297 g/mol. The first-order valence-corrected chi connectivity index (χ1v) is 8.28. The zero-order chi connectivity index (χ0) is 15.9. The molecule has 0 spiro atoms. The van der Waals surface area contributed by atoms with Crippen LogP contribution in [0, 0.1) is 19.7 Å². The summed E-state index contributed by atoms with van der Waals surface area (Å²) in [7, 11) is 0. The van der Waals surface area contributed by atoms with Crippen molar-refractivity contribution in [1.82, 2.24) is 5.32 Å². The van der Waals surface area contributed by atoms with Gasteiger partial charge in [-0.1, -0.05) is 17.7 Å². The summed E-state index contributed by atoms with van der Waals surface area (Å²) in [5, 5.41) is 2.94. The highest BCUT2D eigenvalue weighted by Gasteiger charge is 2.07. The zero-order valence-corrected chi connectivity index (χ0v) is 13.7. The number of amides is 1. The molecule has 0 unspecified atom stereocenters. The first-order chi connectivity index (χ1) is 10.6. The quantitative estimate of drug-likeness (QED) is 0.634. The number of benzene rings is 2. The van der Waals surface area contributed by atoms with Gasteiger partial charge in [-0.2, -0.15) is 0 Å². The number of hydrogen-bond donors (Lipinski definition) is 1. The summed E-state index contributed by atoms with van der Waals surface area (Å²) in [5.41, 5.74) is 2.89. The molecule has 0 aromatic heterocycles. The molecule has 0 aliphatic heterocycles. The molecule has 0 bridgehead atoms. The Labute approximate surface area is 135 Å². The second-order valence-electron chi connectivity index (χ2n) is 5.23. The minimum atomic E-state index is -0.218. The van der Waals surface area contributed by atoms with Gasteiger partial charge in [-0.15, -0.1) is 11.8 Å². The van der Waals surface area contributed by atoms with Gasteiger partial charge in [0.1, 0.15) is 5.82 Å². The number of carbonyl (C=O) groups is 1. The van der Waals surface area contributed by atoms with E-state index in [1.165, 1.54) is 12.1 Å². The van der Waals surface area contributed by atoms with Crippen LogP contribution in [0.2, 0.25) is 0 Å². The summed E-state index contributed by atoms with van der Waals surface area (Å²) in [6, 6.07) is 12.3. The van der Waals surface area contributed by atoms with Gasteiger partial charge in [-0.05, 0) is 61.9 Å². The van der Waals surface area contributed by atoms with Crippen LogP contribution in [0.5, 0.6) is 0 Å². The van der Waals surface area contributed by atoms with Crippen LogP contribution in [-0.4, -0.2) is 18.2 Å². The highest BCUT2D eigenvalue weighted by Crippen LogP contribution is 2.18. The fourth-order valence-corrected chi connectivity index (χ4v) is 3.01. The molecule has 4 heteroatoms. The van der Waals surface area contributed by atoms with Gasteiger partial charge in [-0.3, -0.25) is 4.79 Å². The first-order valence-electron chi connectivity index (χ1n) is 7.30. The van der Waals surface area contributed by atoms with Crippen molar-refractivity contribution in [3.63, 3.8) is 0 Å². The molecule has 0 heterocycles. The smallest absolute Gasteiger partial charge is 0.251 e. The molecule has 22 heavy (non-hydrogen) atoms. The van der Waals surface area contributed by atoms with Crippen molar-refractivity contribution in [3.05, 3.63) is 65.0 Å². The first kappa shape index (κ1) is 16.6. The fourth-order valence-electron chi connectivity index (χ4n) is 2.16. The lowest BCUT2D eigenvalue weighted by Gasteiger charge is -2.08. The summed E-state index contributed by atoms with van der Waals surface area (Å²) in [6.45, 7) is 4.61. The maximum absolute atomic E-state index is 12.8. The fraction of sp³-hybridized carbons (Fsp3) is 0.278. The molecule has 0 saturated carbocycles. The maximum atomic E-state index is 12.8. The standard InChI is InChI=1S/C18H20FNOS/c1-13-4-9-17(14(2)12-13)18(21)20-10-3-11-22-16-7-5-15(19)6-8-16/h4-9,12H,3,10-11H2,1-2H3,(H,20,21). The van der Waals surface area contributed by atoms with Gasteiger partial charge >= 0.3 is 0 Å². The highest BCUT2D eigenvalue weighted by molar-refractivity contribution is 7.99. The number of thioether (sulfide) groups is 1. The summed E-state index contributed by atoms with van der Waals surface area (Å²) in [5.74, 6) is 0.646. The lowest BCUT2D eigenvalue weighted by atomic mass is 10.1. The average molecular weight is 317 g/mol. The number of halogens is 1. The van der Waals surface area contributed by atoms with Crippen LogP contribution in [0.1, 0.15) is 27.9 Å². The molecule has 0 aliphatic carbocycles. The molecule has 2 rings (SSSR count). The molecule has 0 fully saturated rings. The van der Waals surface area contributed by atoms with E-state index in [1.807, 2.05) is 32.0 Å². The Morgan fingerprint density at radius 1 is 1.14 bits per heavy atom. The Balaban J connectivity index is 1.72. The molecule has 0 aliphatic rings. The average Bonchev–Trinajstić information content (AvgIpc) is 2.48. The largest absolute Gasteiger partial charge is 0.352 e. The molecule has 2 aromatic rings. The van der Waals surface area contributed by atoms with Crippen molar-refractivity contribution in [1.29, 1.82) is 0 Å². The highest BCUT2D eigenvalue weighted by atomic mass is 32.2. The third-order valence-corrected chi connectivity index (χ3v) is 4.41. The molecule has 0 radical (unpaired) electrons. The number of rotatable bonds is 6. The van der Waals surface area contributed by atoms with Gasteiger partial charge in [0.05, 0.1) is 0 Å². The van der Waals surface area contributed by atoms with E-state index in [-0.39, 0.29) is 11.7 Å². The normalized spacial score (nSPS) is 10.5. The Morgan fingerprint density at radius 3 is 2.55 bits per heavy atom. The SMILES string of the molecule is Cc1ccc(C(=O)NCCCSc2ccc(F)cc2)c(C)c1. The Hall–Kier alpha value is -1.81. The minimum absolute atomic E-state index is 0.0238. The minimum Gasteiger partial charge on any atom is -0.352 e. The molecule has 0 atom stereocenters. The van der Waals surface area contributed by atoms with Crippen molar-refractivity contribution in [3.8, 4) is 0 Å². The van der Waals surface area contributed by atoms with Crippen LogP contribution in [-0.2, 0) is 0 Å². The number of hydrogen-bond acceptors (Lipinski definition) is 2. The Bertz CT molecular complexity index is 640. The topological polar surface area (TPSA) is 29.1 Å². The van der Waals surface area contributed by atoms with Crippen LogP contribution in [0.4, 0.5) is 4.39 Å². The number of carbonyl (C=O) groups excluding carboxylic acids is 1. The van der Waals surface area contributed by atoms with E-state index in [0.717, 1.165) is 33.8 Å². The summed E-state index contributed by atoms with van der Waals surface area (Å²) in [6.07, 6.45) is 0.874. The van der Waals surface area contributed by atoms with E-state index in [1.54, 1.807) is 23.9 Å². The van der Waals surface area contributed by atoms with Gasteiger partial charge in [-0.25, -0.2) is 4.39 Å². The Kier molecular flexibility index (Phi) is 6.01. The van der Waals surface area contributed by atoms with Crippen molar-refractivity contribution in [2.45, 2.75) is 25.2 Å². The van der Waals surface area contributed by atoms with Crippen LogP contribution < -0.4 is 5.32 Å². The predicted octanol–water partition coefficient (Wildman–Crippen LogP) is 4.35. The summed E-state index contributed by atoms with van der Waals surface area (Å²) >= 11 is 1.66. The van der Waals surface area contributed by atoms with E-state index in [4.69, 9.17) is 0 Å². The van der Waals surface area contributed by atoms with Gasteiger partial charge in [0.2, 0.25) is 0 Å². The van der Waals surface area contributed by atoms with Gasteiger partial charge in [0.15, 0.2) is 0 Å². The molecular formula is C18H20FNOS. The van der Waals surface area contributed by atoms with E-state index in [0.29, 0.717) is 6.54 Å². The summed E-state index contributed by atoms with van der Waals surface area (Å²) in [4.78, 5) is 13.1. The molecule has 1 amide bonds.